The summed E-state index contributed by atoms with van der Waals surface area (Å²) in [6, 6.07) is 15.6. The molecule has 182 valence electrons. The number of carbonyl (C=O) groups is 2. The van der Waals surface area contributed by atoms with Gasteiger partial charge >= 0.3 is 5.97 Å². The van der Waals surface area contributed by atoms with Gasteiger partial charge < -0.3 is 14.5 Å². The number of anilines is 2. The molecule has 0 bridgehead atoms. The van der Waals surface area contributed by atoms with Crippen LogP contribution in [-0.4, -0.2) is 67.4 Å². The van der Waals surface area contributed by atoms with E-state index in [1.165, 1.54) is 43.3 Å². The predicted molar refractivity (Wildman–Crippen MR) is 129 cm³/mol. The van der Waals surface area contributed by atoms with Crippen LogP contribution in [0, 0.1) is 0 Å². The Morgan fingerprint density at radius 3 is 2.31 bits per heavy atom. The van der Waals surface area contributed by atoms with Gasteiger partial charge in [0.25, 0.3) is 15.9 Å². The zero-order chi connectivity index (χ0) is 24.8. The van der Waals surface area contributed by atoms with Gasteiger partial charge in [0.1, 0.15) is 0 Å². The van der Waals surface area contributed by atoms with E-state index in [0.717, 1.165) is 0 Å². The number of ether oxygens (including phenoxy) is 1. The van der Waals surface area contributed by atoms with Crippen molar-refractivity contribution in [3.8, 4) is 0 Å². The normalized spacial score (nSPS) is 14.8. The molecule has 35 heavy (non-hydrogen) atoms. The maximum Gasteiger partial charge on any atom is 0.338 e. The van der Waals surface area contributed by atoms with Crippen LogP contribution < -0.4 is 9.62 Å². The van der Waals surface area contributed by atoms with Crippen molar-refractivity contribution < 1.29 is 22.7 Å². The number of carbonyl (C=O) groups excluding carboxylic acids is 2. The summed E-state index contributed by atoms with van der Waals surface area (Å²) in [6.45, 7) is 3.57. The van der Waals surface area contributed by atoms with Gasteiger partial charge in [0.15, 0.2) is 6.10 Å². The first-order valence-electron chi connectivity index (χ1n) is 11.0. The van der Waals surface area contributed by atoms with Gasteiger partial charge in [0.2, 0.25) is 5.95 Å². The van der Waals surface area contributed by atoms with Crippen LogP contribution in [0.5, 0.6) is 0 Å². The maximum absolute atomic E-state index is 12.8. The summed E-state index contributed by atoms with van der Waals surface area (Å²) in [5.74, 6) is -0.405. The minimum absolute atomic E-state index is 0.103. The smallest absolute Gasteiger partial charge is 0.338 e. The molecule has 1 atom stereocenters. The number of nitrogens with one attached hydrogen (secondary N) is 1. The van der Waals surface area contributed by atoms with E-state index in [0.29, 0.717) is 32.1 Å². The Hall–Kier alpha value is -3.99. The van der Waals surface area contributed by atoms with E-state index in [1.54, 1.807) is 41.6 Å². The molecule has 10 nitrogen and oxygen atoms in total. The van der Waals surface area contributed by atoms with E-state index in [4.69, 9.17) is 4.74 Å². The Morgan fingerprint density at radius 1 is 0.943 bits per heavy atom. The highest BCUT2D eigenvalue weighted by atomic mass is 32.2. The topological polar surface area (TPSA) is 122 Å². The average molecular weight is 496 g/mol. The van der Waals surface area contributed by atoms with Crippen molar-refractivity contribution in [2.75, 3.05) is 35.8 Å². The summed E-state index contributed by atoms with van der Waals surface area (Å²) in [4.78, 5) is 37.7. The molecular weight excluding hydrogens is 470 g/mol. The van der Waals surface area contributed by atoms with Crippen molar-refractivity contribution in [2.24, 2.45) is 0 Å². The first kappa shape index (κ1) is 24.1. The Kier molecular flexibility index (Phi) is 7.25. The summed E-state index contributed by atoms with van der Waals surface area (Å²) in [5, 5.41) is 0. The highest BCUT2D eigenvalue weighted by Crippen LogP contribution is 2.18. The number of esters is 1. The highest BCUT2D eigenvalue weighted by molar-refractivity contribution is 7.92. The molecule has 1 N–H and O–H groups in total. The molecule has 1 aliphatic heterocycles. The van der Waals surface area contributed by atoms with Crippen molar-refractivity contribution in [3.63, 3.8) is 0 Å². The van der Waals surface area contributed by atoms with Crippen LogP contribution in [0.2, 0.25) is 0 Å². The third-order valence-corrected chi connectivity index (χ3v) is 6.86. The largest absolute Gasteiger partial charge is 0.449 e. The molecule has 0 aliphatic carbocycles. The van der Waals surface area contributed by atoms with Gasteiger partial charge in [0.05, 0.1) is 10.5 Å². The summed E-state index contributed by atoms with van der Waals surface area (Å²) in [5.41, 5.74) is 0.338. The predicted octanol–water partition coefficient (Wildman–Crippen LogP) is 2.17. The third-order valence-electron chi connectivity index (χ3n) is 5.46. The quantitative estimate of drug-likeness (QED) is 0.495. The molecule has 1 aliphatic rings. The fourth-order valence-electron chi connectivity index (χ4n) is 3.64. The van der Waals surface area contributed by atoms with E-state index in [2.05, 4.69) is 14.7 Å². The standard InChI is InChI=1S/C24H25N5O5S/c1-18(22(30)28-13-15-29(16-14-28)24-25-11-6-12-26-24)34-23(31)19-7-5-8-20(17-19)27-35(32,33)21-9-3-2-4-10-21/h2-12,17-18,27H,13-16H2,1H3. The zero-order valence-electron chi connectivity index (χ0n) is 19.1. The van der Waals surface area contributed by atoms with E-state index < -0.39 is 22.1 Å². The fourth-order valence-corrected chi connectivity index (χ4v) is 4.71. The van der Waals surface area contributed by atoms with Gasteiger partial charge in [-0.2, -0.15) is 0 Å². The van der Waals surface area contributed by atoms with Gasteiger partial charge in [-0.15, -0.1) is 0 Å². The van der Waals surface area contributed by atoms with Crippen LogP contribution in [-0.2, 0) is 19.6 Å². The van der Waals surface area contributed by atoms with Gasteiger partial charge in [0, 0.05) is 44.3 Å². The Bertz CT molecular complexity index is 1280. The zero-order valence-corrected chi connectivity index (χ0v) is 19.9. The molecule has 2 heterocycles. The SMILES string of the molecule is CC(OC(=O)c1cccc(NS(=O)(=O)c2ccccc2)c1)C(=O)N1CCN(c2ncccn2)CC1. The van der Waals surface area contributed by atoms with Gasteiger partial charge in [-0.25, -0.2) is 23.2 Å². The molecule has 1 unspecified atom stereocenters. The lowest BCUT2D eigenvalue weighted by atomic mass is 10.2. The molecule has 0 radical (unpaired) electrons. The lowest BCUT2D eigenvalue weighted by Crippen LogP contribution is -2.52. The molecule has 1 aromatic heterocycles. The number of nitrogens with zero attached hydrogens (tertiary/aromatic N) is 4. The number of aromatic nitrogens is 2. The summed E-state index contributed by atoms with van der Waals surface area (Å²) < 4.78 is 32.9. The Labute approximate surface area is 203 Å². The summed E-state index contributed by atoms with van der Waals surface area (Å²) in [6.07, 6.45) is 2.35. The van der Waals surface area contributed by atoms with Crippen LogP contribution in [0.3, 0.4) is 0 Å². The van der Waals surface area contributed by atoms with Gasteiger partial charge in [-0.1, -0.05) is 24.3 Å². The first-order chi connectivity index (χ1) is 16.8. The van der Waals surface area contributed by atoms with Crippen LogP contribution in [0.1, 0.15) is 17.3 Å². The second-order valence-electron chi connectivity index (χ2n) is 7.91. The molecular formula is C24H25N5O5S. The van der Waals surface area contributed by atoms with Crippen LogP contribution >= 0.6 is 0 Å². The first-order valence-corrected chi connectivity index (χ1v) is 12.5. The number of benzene rings is 2. The minimum Gasteiger partial charge on any atom is -0.449 e. The molecule has 1 amide bonds. The summed E-state index contributed by atoms with van der Waals surface area (Å²) >= 11 is 0. The van der Waals surface area contributed by atoms with Crippen molar-refractivity contribution in [1.82, 2.24) is 14.9 Å². The van der Waals surface area contributed by atoms with E-state index in [1.807, 2.05) is 4.90 Å². The minimum atomic E-state index is -3.81. The lowest BCUT2D eigenvalue weighted by Gasteiger charge is -2.35. The van der Waals surface area contributed by atoms with Gasteiger partial charge in [-0.05, 0) is 43.3 Å². The lowest BCUT2D eigenvalue weighted by molar-refractivity contribution is -0.140. The van der Waals surface area contributed by atoms with E-state index in [9.17, 15) is 18.0 Å². The van der Waals surface area contributed by atoms with E-state index in [-0.39, 0.29) is 22.1 Å². The highest BCUT2D eigenvalue weighted by Gasteiger charge is 2.28. The third kappa shape index (κ3) is 5.93. The number of sulfonamides is 1. The number of rotatable bonds is 7. The molecule has 1 saturated heterocycles. The second-order valence-corrected chi connectivity index (χ2v) is 9.59. The average Bonchev–Trinajstić information content (AvgIpc) is 2.89. The van der Waals surface area contributed by atoms with Crippen LogP contribution in [0.15, 0.2) is 78.0 Å². The van der Waals surface area contributed by atoms with E-state index >= 15 is 0 Å². The summed E-state index contributed by atoms with van der Waals surface area (Å²) in [7, 11) is -3.81. The number of hydrogen-bond donors (Lipinski definition) is 1. The Morgan fingerprint density at radius 2 is 1.63 bits per heavy atom. The second kappa shape index (κ2) is 10.5. The van der Waals surface area contributed by atoms with Crippen LogP contribution in [0.4, 0.5) is 11.6 Å². The molecule has 1 fully saturated rings. The number of hydrogen-bond acceptors (Lipinski definition) is 8. The van der Waals surface area contributed by atoms with Crippen molar-refractivity contribution in [1.29, 1.82) is 0 Å². The monoisotopic (exact) mass is 495 g/mol. The maximum atomic E-state index is 12.8. The molecule has 3 aromatic rings. The molecule has 0 saturated carbocycles. The molecule has 0 spiro atoms. The molecule has 2 aromatic carbocycles. The molecule has 11 heteroatoms. The van der Waals surface area contributed by atoms with Crippen molar-refractivity contribution in [2.45, 2.75) is 17.9 Å². The van der Waals surface area contributed by atoms with Crippen LogP contribution in [0.25, 0.3) is 0 Å². The number of amides is 1. The number of piperazine rings is 1. The Balaban J connectivity index is 1.34. The fraction of sp³-hybridized carbons (Fsp3) is 0.250. The van der Waals surface area contributed by atoms with Crippen molar-refractivity contribution >= 4 is 33.5 Å². The molecule has 4 rings (SSSR count). The van der Waals surface area contributed by atoms with Gasteiger partial charge in [-0.3, -0.25) is 9.52 Å². The van der Waals surface area contributed by atoms with Crippen molar-refractivity contribution in [3.05, 3.63) is 78.6 Å².